The summed E-state index contributed by atoms with van der Waals surface area (Å²) in [4.78, 5) is 20.1. The molecule has 0 bridgehead atoms. The fourth-order valence-corrected chi connectivity index (χ4v) is 6.42. The minimum atomic E-state index is -0.157. The summed E-state index contributed by atoms with van der Waals surface area (Å²) in [6.45, 7) is 6.85. The maximum Gasteiger partial charge on any atom is 0.234 e. The van der Waals surface area contributed by atoms with E-state index < -0.39 is 0 Å². The van der Waals surface area contributed by atoms with E-state index in [4.69, 9.17) is 14.5 Å². The van der Waals surface area contributed by atoms with Crippen molar-refractivity contribution in [2.24, 2.45) is 0 Å². The number of aromatic nitrogens is 4. The monoisotopic (exact) mass is 497 g/mol. The van der Waals surface area contributed by atoms with Crippen molar-refractivity contribution >= 4 is 50.6 Å². The molecule has 0 radical (unpaired) electrons. The first-order valence-corrected chi connectivity index (χ1v) is 13.4. The average Bonchev–Trinajstić information content (AvgIpc) is 3.41. The van der Waals surface area contributed by atoms with Crippen molar-refractivity contribution in [1.82, 2.24) is 19.6 Å². The van der Waals surface area contributed by atoms with Crippen LogP contribution < -0.4 is 14.8 Å². The van der Waals surface area contributed by atoms with Crippen molar-refractivity contribution in [2.45, 2.75) is 51.6 Å². The van der Waals surface area contributed by atoms with Gasteiger partial charge in [0.25, 0.3) is 0 Å². The molecule has 10 heteroatoms. The Morgan fingerprint density at radius 3 is 2.82 bits per heavy atom. The van der Waals surface area contributed by atoms with Crippen LogP contribution in [-0.2, 0) is 17.6 Å². The van der Waals surface area contributed by atoms with Crippen molar-refractivity contribution < 1.29 is 14.3 Å². The molecule has 8 nitrogen and oxygen atoms in total. The number of thioether (sulfide) groups is 1. The van der Waals surface area contributed by atoms with Gasteiger partial charge >= 0.3 is 0 Å². The van der Waals surface area contributed by atoms with Crippen LogP contribution in [0.25, 0.3) is 15.9 Å². The molecule has 34 heavy (non-hydrogen) atoms. The lowest BCUT2D eigenvalue weighted by atomic mass is 9.97. The first-order chi connectivity index (χ1) is 16.6. The van der Waals surface area contributed by atoms with Gasteiger partial charge < -0.3 is 14.8 Å². The fraction of sp³-hybridized carbons (Fsp3) is 0.417. The van der Waals surface area contributed by atoms with Crippen LogP contribution in [0.5, 0.6) is 11.5 Å². The maximum atomic E-state index is 12.8. The summed E-state index contributed by atoms with van der Waals surface area (Å²) in [6.07, 6.45) is 4.61. The Bertz CT molecular complexity index is 1360. The molecule has 0 saturated carbocycles. The molecule has 178 valence electrons. The lowest BCUT2D eigenvalue weighted by molar-refractivity contribution is -0.113. The van der Waals surface area contributed by atoms with Crippen LogP contribution in [0.4, 0.5) is 5.69 Å². The molecule has 1 aromatic carbocycles. The number of nitrogens with zero attached hydrogens (tertiary/aromatic N) is 4. The number of amides is 1. The minimum Gasteiger partial charge on any atom is -0.494 e. The van der Waals surface area contributed by atoms with Crippen molar-refractivity contribution in [3.63, 3.8) is 0 Å². The molecular weight excluding hydrogens is 470 g/mol. The Labute approximate surface area is 206 Å². The van der Waals surface area contributed by atoms with Crippen molar-refractivity contribution in [2.75, 3.05) is 24.3 Å². The van der Waals surface area contributed by atoms with E-state index in [2.05, 4.69) is 15.5 Å². The third-order valence-electron chi connectivity index (χ3n) is 5.76. The van der Waals surface area contributed by atoms with Crippen LogP contribution in [0.1, 0.15) is 43.0 Å². The van der Waals surface area contributed by atoms with E-state index in [9.17, 15) is 4.79 Å². The maximum absolute atomic E-state index is 12.8. The van der Waals surface area contributed by atoms with Gasteiger partial charge in [-0.25, -0.2) is 4.98 Å². The molecular formula is C24H27N5O3S2. The Morgan fingerprint density at radius 2 is 2.00 bits per heavy atom. The normalized spacial score (nSPS) is 13.3. The van der Waals surface area contributed by atoms with Crippen molar-refractivity contribution in [3.05, 3.63) is 34.5 Å². The highest BCUT2D eigenvalue weighted by Gasteiger charge is 2.23. The molecule has 1 aliphatic carbocycles. The van der Waals surface area contributed by atoms with Gasteiger partial charge in [-0.2, -0.15) is 0 Å². The number of fused-ring (bicyclic) bond motifs is 5. The molecule has 0 unspecified atom stereocenters. The molecule has 3 aromatic heterocycles. The van der Waals surface area contributed by atoms with Crippen LogP contribution in [0.3, 0.4) is 0 Å². The Kier molecular flexibility index (Phi) is 6.60. The SMILES string of the molecule is CCOc1ccc(OCC)c(NC(=O)CSc2nnc3c4c5c(sc4nc(C)n23)CCCC5)c1. The third-order valence-corrected chi connectivity index (χ3v) is 7.88. The number of aryl methyl sites for hydroxylation is 3. The van der Waals surface area contributed by atoms with Gasteiger partial charge in [-0.05, 0) is 64.2 Å². The predicted octanol–water partition coefficient (Wildman–Crippen LogP) is 5.05. The van der Waals surface area contributed by atoms with Crippen molar-refractivity contribution in [3.8, 4) is 11.5 Å². The zero-order valence-electron chi connectivity index (χ0n) is 19.5. The van der Waals surface area contributed by atoms with Crippen LogP contribution in [0.2, 0.25) is 0 Å². The number of nitrogens with one attached hydrogen (secondary N) is 1. The summed E-state index contributed by atoms with van der Waals surface area (Å²) >= 11 is 3.13. The van der Waals surface area contributed by atoms with Gasteiger partial charge in [-0.3, -0.25) is 9.20 Å². The first-order valence-electron chi connectivity index (χ1n) is 11.6. The molecule has 1 N–H and O–H groups in total. The highest BCUT2D eigenvalue weighted by Crippen LogP contribution is 2.38. The summed E-state index contributed by atoms with van der Waals surface area (Å²) in [5, 5.41) is 13.7. The van der Waals surface area contributed by atoms with Gasteiger partial charge in [0.05, 0.1) is 30.0 Å². The quantitative estimate of drug-likeness (QED) is 0.341. The number of anilines is 1. The van der Waals surface area contributed by atoms with E-state index in [1.165, 1.54) is 35.0 Å². The van der Waals surface area contributed by atoms with Gasteiger partial charge in [0, 0.05) is 10.9 Å². The topological polar surface area (TPSA) is 90.6 Å². The number of carbonyl (C=O) groups is 1. The molecule has 0 spiro atoms. The van der Waals surface area contributed by atoms with E-state index in [-0.39, 0.29) is 11.7 Å². The fourth-order valence-electron chi connectivity index (χ4n) is 4.34. The second kappa shape index (κ2) is 9.79. The van der Waals surface area contributed by atoms with Gasteiger partial charge in [-0.15, -0.1) is 21.5 Å². The summed E-state index contributed by atoms with van der Waals surface area (Å²) in [5.41, 5.74) is 2.81. The summed E-state index contributed by atoms with van der Waals surface area (Å²) in [6, 6.07) is 5.43. The molecule has 3 heterocycles. The first kappa shape index (κ1) is 22.9. The molecule has 1 amide bonds. The Morgan fingerprint density at radius 1 is 1.18 bits per heavy atom. The minimum absolute atomic E-state index is 0.157. The number of carbonyl (C=O) groups excluding carboxylic acids is 1. The van der Waals surface area contributed by atoms with Crippen LogP contribution >= 0.6 is 23.1 Å². The number of benzene rings is 1. The largest absolute Gasteiger partial charge is 0.494 e. The van der Waals surface area contributed by atoms with Crippen LogP contribution in [-0.4, -0.2) is 44.5 Å². The van der Waals surface area contributed by atoms with Gasteiger partial charge in [-0.1, -0.05) is 11.8 Å². The Balaban J connectivity index is 1.37. The van der Waals surface area contributed by atoms with E-state index >= 15 is 0 Å². The van der Waals surface area contributed by atoms with E-state index in [1.54, 1.807) is 17.4 Å². The second-order valence-electron chi connectivity index (χ2n) is 8.05. The van der Waals surface area contributed by atoms with Crippen LogP contribution in [0.15, 0.2) is 23.4 Å². The number of hydrogen-bond acceptors (Lipinski definition) is 8. The van der Waals surface area contributed by atoms with Gasteiger partial charge in [0.2, 0.25) is 5.91 Å². The molecule has 0 aliphatic heterocycles. The summed E-state index contributed by atoms with van der Waals surface area (Å²) < 4.78 is 13.2. The Hall–Kier alpha value is -2.85. The molecule has 0 fully saturated rings. The molecule has 5 rings (SSSR count). The van der Waals surface area contributed by atoms with Gasteiger partial charge in [0.15, 0.2) is 10.8 Å². The lowest BCUT2D eigenvalue weighted by Crippen LogP contribution is -2.15. The van der Waals surface area contributed by atoms with E-state index in [1.807, 2.05) is 37.3 Å². The third kappa shape index (κ3) is 4.32. The second-order valence-corrected chi connectivity index (χ2v) is 10.1. The highest BCUT2D eigenvalue weighted by molar-refractivity contribution is 7.99. The highest BCUT2D eigenvalue weighted by atomic mass is 32.2. The standard InChI is InChI=1S/C24H27N5O3S2/c1-4-31-15-10-11-18(32-5-2)17(12-15)26-20(30)13-33-24-28-27-22-21-16-8-6-7-9-19(16)34-23(21)25-14(3)29(22)24/h10-12H,4-9,13H2,1-3H3,(H,26,30). The van der Waals surface area contributed by atoms with E-state index in [0.717, 1.165) is 34.5 Å². The smallest absolute Gasteiger partial charge is 0.234 e. The zero-order valence-corrected chi connectivity index (χ0v) is 21.1. The lowest BCUT2D eigenvalue weighted by Gasteiger charge is -2.13. The van der Waals surface area contributed by atoms with E-state index in [0.29, 0.717) is 35.6 Å². The van der Waals surface area contributed by atoms with Crippen molar-refractivity contribution in [1.29, 1.82) is 0 Å². The number of thiophene rings is 1. The summed E-state index contributed by atoms with van der Waals surface area (Å²) in [7, 11) is 0. The molecule has 4 aromatic rings. The molecule has 0 atom stereocenters. The number of hydrogen-bond donors (Lipinski definition) is 1. The zero-order chi connectivity index (χ0) is 23.7. The number of ether oxygens (including phenoxy) is 2. The molecule has 0 saturated heterocycles. The van der Waals surface area contributed by atoms with Crippen LogP contribution in [0, 0.1) is 6.92 Å². The predicted molar refractivity (Wildman–Crippen MR) is 136 cm³/mol. The van der Waals surface area contributed by atoms with Gasteiger partial charge in [0.1, 0.15) is 22.2 Å². The average molecular weight is 498 g/mol. The molecule has 1 aliphatic rings. The number of rotatable bonds is 8. The summed E-state index contributed by atoms with van der Waals surface area (Å²) in [5.74, 6) is 2.15.